The molecular weight excluding hydrogens is 391 g/mol. The first-order valence-electron chi connectivity index (χ1n) is 9.55. The van der Waals surface area contributed by atoms with Gasteiger partial charge in [-0.3, -0.25) is 18.5 Å². The average molecular weight is 421 g/mol. The zero-order chi connectivity index (χ0) is 22.4. The standard InChI is InChI=1S/C7H8B3NO.C5H9NO.C3H7NO3S.C2H6/c1-5(12)11-2-6-7(3-11)10-9-4-8-6;1-5(7)6-3-2-4-6;1-3(5)4-8(6)7-2;1-2/h4H,2-3H2,1H3;2-4H2,1H3;1-2H3,(H,4,5);1-2H3. The molecule has 158 valence electrons. The van der Waals surface area contributed by atoms with E-state index in [0.29, 0.717) is 0 Å². The van der Waals surface area contributed by atoms with Crippen LogP contribution >= 0.6 is 0 Å². The summed E-state index contributed by atoms with van der Waals surface area (Å²) in [4.78, 5) is 35.1. The van der Waals surface area contributed by atoms with Crippen molar-refractivity contribution < 1.29 is 22.8 Å². The van der Waals surface area contributed by atoms with Gasteiger partial charge in [0, 0.05) is 26.9 Å². The number of amides is 3. The van der Waals surface area contributed by atoms with Gasteiger partial charge in [0.1, 0.15) is 0 Å². The molecule has 3 amide bonds. The molecular formula is C17H30B3N3O5S. The monoisotopic (exact) mass is 421 g/mol. The molecule has 0 saturated carbocycles. The molecule has 0 radical (unpaired) electrons. The number of nitrogens with one attached hydrogen (secondary N) is 1. The first kappa shape index (κ1) is 27.3. The van der Waals surface area contributed by atoms with E-state index in [1.165, 1.54) is 31.4 Å². The molecule has 1 aromatic heterocycles. The molecule has 1 unspecified atom stereocenters. The summed E-state index contributed by atoms with van der Waals surface area (Å²) >= 11 is -1.66. The van der Waals surface area contributed by atoms with Gasteiger partial charge >= 0.3 is 72.9 Å². The van der Waals surface area contributed by atoms with Crippen molar-refractivity contribution in [3.8, 4) is 0 Å². The van der Waals surface area contributed by atoms with Crippen LogP contribution in [0.4, 0.5) is 0 Å². The van der Waals surface area contributed by atoms with Crippen molar-refractivity contribution in [2.75, 3.05) is 20.2 Å². The summed E-state index contributed by atoms with van der Waals surface area (Å²) in [6.07, 6.45) is 1.19. The largest absolute Gasteiger partial charge is 0.277 e. The molecule has 0 spiro atoms. The molecule has 1 saturated heterocycles. The minimum Gasteiger partial charge on any atom is -0.277 e. The number of hydrogen-bond acceptors (Lipinski definition) is 5. The molecule has 3 rings (SSSR count). The predicted molar refractivity (Wildman–Crippen MR) is 118 cm³/mol. The van der Waals surface area contributed by atoms with Crippen LogP contribution in [0.3, 0.4) is 0 Å². The van der Waals surface area contributed by atoms with Crippen molar-refractivity contribution in [3.05, 3.63) is 16.8 Å². The van der Waals surface area contributed by atoms with Crippen molar-refractivity contribution in [2.24, 2.45) is 0 Å². The van der Waals surface area contributed by atoms with Gasteiger partial charge in [0.2, 0.25) is 11.8 Å². The molecule has 2 aliphatic rings. The van der Waals surface area contributed by atoms with Gasteiger partial charge in [-0.2, -0.15) is 0 Å². The minimum absolute atomic E-state index is 0.159. The summed E-state index contributed by atoms with van der Waals surface area (Å²) in [7, 11) is 1.24. The maximum Gasteiger partial charge on any atom is 0.263 e. The van der Waals surface area contributed by atoms with E-state index in [2.05, 4.69) is 17.9 Å². The van der Waals surface area contributed by atoms with Gasteiger partial charge < -0.3 is 4.90 Å². The smallest absolute Gasteiger partial charge is 0.263 e. The van der Waals surface area contributed by atoms with E-state index in [-0.39, 0.29) is 17.7 Å². The Morgan fingerprint density at radius 2 is 1.59 bits per heavy atom. The van der Waals surface area contributed by atoms with Crippen molar-refractivity contribution in [1.29, 1.82) is 0 Å². The molecule has 1 atom stereocenters. The third-order valence-corrected chi connectivity index (χ3v) is 4.72. The van der Waals surface area contributed by atoms with E-state index in [9.17, 15) is 18.6 Å². The first-order chi connectivity index (χ1) is 13.7. The molecule has 1 aromatic rings. The Bertz CT molecular complexity index is 680. The SMILES string of the molecule is CC.CC(=O)N1CCC1.CC(=O)N1Cc2bbcbc2C1.COS(=O)NC(C)=O. The van der Waals surface area contributed by atoms with Gasteiger partial charge in [0.25, 0.3) is 11.3 Å². The third kappa shape index (κ3) is 11.2. The summed E-state index contributed by atoms with van der Waals surface area (Å²) in [6.45, 7) is 18.2. The van der Waals surface area contributed by atoms with Gasteiger partial charge in [-0.05, 0) is 6.42 Å². The zero-order valence-electron chi connectivity index (χ0n) is 18.2. The average Bonchev–Trinajstić information content (AvgIpc) is 3.06. The molecule has 0 aliphatic carbocycles. The first-order valence-corrected chi connectivity index (χ1v) is 10.6. The van der Waals surface area contributed by atoms with Gasteiger partial charge in [0.05, 0.1) is 7.11 Å². The van der Waals surface area contributed by atoms with E-state index in [1.54, 1.807) is 13.8 Å². The van der Waals surface area contributed by atoms with Gasteiger partial charge in [-0.15, -0.1) is 0 Å². The van der Waals surface area contributed by atoms with Crippen LogP contribution in [0.15, 0.2) is 5.86 Å². The fourth-order valence-corrected chi connectivity index (χ4v) is 2.66. The molecule has 8 nitrogen and oxygen atoms in total. The van der Waals surface area contributed by atoms with Crippen molar-refractivity contribution >= 4 is 49.5 Å². The Labute approximate surface area is 178 Å². The third-order valence-electron chi connectivity index (χ3n) is 3.97. The number of carbonyl (C=O) groups excluding carboxylic acids is 3. The summed E-state index contributed by atoms with van der Waals surface area (Å²) in [5.74, 6) is 2.02. The van der Waals surface area contributed by atoms with Crippen LogP contribution in [0.5, 0.6) is 0 Å². The van der Waals surface area contributed by atoms with Crippen LogP contribution in [0, 0.1) is 0 Å². The molecule has 0 bridgehead atoms. The van der Waals surface area contributed by atoms with Crippen molar-refractivity contribution in [1.82, 2.24) is 14.5 Å². The Balaban J connectivity index is 0.000000407. The summed E-state index contributed by atoms with van der Waals surface area (Å²) in [5, 5.41) is 0. The topological polar surface area (TPSA) is 96.0 Å². The van der Waals surface area contributed by atoms with Crippen molar-refractivity contribution in [2.45, 2.75) is 54.1 Å². The summed E-state index contributed by atoms with van der Waals surface area (Å²) < 4.78 is 16.4. The number of fused-ring (bicyclic) bond motifs is 1. The Hall–Kier alpha value is -1.68. The van der Waals surface area contributed by atoms with E-state index >= 15 is 0 Å². The van der Waals surface area contributed by atoms with Crippen LogP contribution in [0.2, 0.25) is 0 Å². The van der Waals surface area contributed by atoms with Crippen LogP contribution in [-0.4, -0.2) is 72.4 Å². The molecule has 3 heterocycles. The number of hydrogen-bond donors (Lipinski definition) is 1. The quantitative estimate of drug-likeness (QED) is 0.736. The van der Waals surface area contributed by atoms with Crippen LogP contribution in [0.1, 0.15) is 52.0 Å². The van der Waals surface area contributed by atoms with Crippen LogP contribution < -0.4 is 4.72 Å². The Morgan fingerprint density at radius 3 is 1.90 bits per heavy atom. The Morgan fingerprint density at radius 1 is 1.03 bits per heavy atom. The number of nitrogens with zero attached hydrogens (tertiary/aromatic N) is 2. The molecule has 0 aromatic carbocycles. The van der Waals surface area contributed by atoms with E-state index in [1.807, 2.05) is 41.0 Å². The fraction of sp³-hybridized carbons (Fsp3) is 0.647. The van der Waals surface area contributed by atoms with E-state index < -0.39 is 11.3 Å². The van der Waals surface area contributed by atoms with Gasteiger partial charge in [-0.1, -0.05) is 13.8 Å². The van der Waals surface area contributed by atoms with Crippen LogP contribution in [-0.2, 0) is 42.9 Å². The second-order valence-electron chi connectivity index (χ2n) is 6.06. The Kier molecular flexibility index (Phi) is 14.3. The van der Waals surface area contributed by atoms with Gasteiger partial charge in [-0.25, -0.2) is 4.21 Å². The maximum absolute atomic E-state index is 11.0. The molecule has 12 heteroatoms. The number of carbonyl (C=O) groups is 3. The molecule has 1 fully saturated rings. The maximum atomic E-state index is 11.0. The van der Waals surface area contributed by atoms with E-state index in [0.717, 1.165) is 26.2 Å². The fourth-order valence-electron chi connectivity index (χ4n) is 2.35. The molecule has 2 aliphatic heterocycles. The normalized spacial score (nSPS) is 13.9. The van der Waals surface area contributed by atoms with Gasteiger partial charge in [0.15, 0.2) is 0 Å². The van der Waals surface area contributed by atoms with Crippen molar-refractivity contribution in [3.63, 3.8) is 0 Å². The summed E-state index contributed by atoms with van der Waals surface area (Å²) in [6, 6.07) is 0. The second-order valence-corrected chi connectivity index (χ2v) is 7.07. The zero-order valence-corrected chi connectivity index (χ0v) is 19.0. The van der Waals surface area contributed by atoms with Crippen LogP contribution in [0.25, 0.3) is 0 Å². The number of rotatable bonds is 2. The molecule has 1 N–H and O–H groups in total. The molecule has 29 heavy (non-hydrogen) atoms. The predicted octanol–water partition coefficient (Wildman–Crippen LogP) is 0.175. The number of likely N-dealkylation sites (tertiary alicyclic amines) is 1. The minimum atomic E-state index is -1.66. The second kappa shape index (κ2) is 15.2. The summed E-state index contributed by atoms with van der Waals surface area (Å²) in [5.41, 5.74) is 2.57. The van der Waals surface area contributed by atoms with E-state index in [4.69, 9.17) is 0 Å².